The lowest BCUT2D eigenvalue weighted by molar-refractivity contribution is -0.385. The van der Waals surface area contributed by atoms with Crippen LogP contribution in [-0.2, 0) is 13.2 Å². The topological polar surface area (TPSA) is 73.8 Å². The minimum atomic E-state index is -4.74. The van der Waals surface area contributed by atoms with Crippen LogP contribution in [0.4, 0.5) is 18.9 Å². The maximum absolute atomic E-state index is 12.9. The molecule has 0 aliphatic carbocycles. The summed E-state index contributed by atoms with van der Waals surface area (Å²) in [5.41, 5.74) is -2.32. The van der Waals surface area contributed by atoms with Crippen molar-refractivity contribution in [3.8, 4) is 11.4 Å². The summed E-state index contributed by atoms with van der Waals surface area (Å²) in [5.74, 6) is 0. The van der Waals surface area contributed by atoms with E-state index in [1.165, 1.54) is 16.9 Å². The summed E-state index contributed by atoms with van der Waals surface area (Å²) < 4.78 is 40.0. The van der Waals surface area contributed by atoms with Crippen molar-refractivity contribution in [2.45, 2.75) is 6.18 Å². The third-order valence-corrected chi connectivity index (χ3v) is 2.35. The molecule has 0 spiro atoms. The summed E-state index contributed by atoms with van der Waals surface area (Å²) in [6, 6.07) is 1.81. The van der Waals surface area contributed by atoms with Gasteiger partial charge in [-0.1, -0.05) is 0 Å². The fraction of sp³-hybridized carbons (Fsp3) is 0.200. The molecule has 0 bridgehead atoms. The summed E-state index contributed by atoms with van der Waals surface area (Å²) in [6.07, 6.45) is -2.51. The maximum atomic E-state index is 12.9. The first-order chi connectivity index (χ1) is 8.79. The SMILES string of the molecule is Cn1ccc(-c2ncc([N+](=O)[O-])cc2C(F)(F)F)n1. The van der Waals surface area contributed by atoms with Gasteiger partial charge in [0.2, 0.25) is 0 Å². The van der Waals surface area contributed by atoms with Crippen LogP contribution in [0, 0.1) is 10.1 Å². The highest BCUT2D eigenvalue weighted by atomic mass is 19.4. The molecule has 2 aromatic heterocycles. The van der Waals surface area contributed by atoms with Crippen LogP contribution in [0.5, 0.6) is 0 Å². The van der Waals surface area contributed by atoms with Crippen LogP contribution in [0.3, 0.4) is 0 Å². The van der Waals surface area contributed by atoms with Gasteiger partial charge in [0.15, 0.2) is 0 Å². The highest BCUT2D eigenvalue weighted by Crippen LogP contribution is 2.36. The Morgan fingerprint density at radius 1 is 1.42 bits per heavy atom. The summed E-state index contributed by atoms with van der Waals surface area (Å²) in [5, 5.41) is 14.3. The van der Waals surface area contributed by atoms with Gasteiger partial charge in [-0.05, 0) is 6.07 Å². The zero-order valence-corrected chi connectivity index (χ0v) is 9.55. The second kappa shape index (κ2) is 4.34. The number of aryl methyl sites for hydroxylation is 1. The Balaban J connectivity index is 2.64. The Bertz CT molecular complexity index is 636. The predicted molar refractivity (Wildman–Crippen MR) is 58.1 cm³/mol. The van der Waals surface area contributed by atoms with Gasteiger partial charge in [-0.25, -0.2) is 4.98 Å². The Morgan fingerprint density at radius 3 is 2.58 bits per heavy atom. The number of hydrogen-bond donors (Lipinski definition) is 0. The Kier molecular flexibility index (Phi) is 2.97. The average molecular weight is 272 g/mol. The van der Waals surface area contributed by atoms with Crippen LogP contribution < -0.4 is 0 Å². The molecular weight excluding hydrogens is 265 g/mol. The number of pyridine rings is 1. The molecule has 6 nitrogen and oxygen atoms in total. The maximum Gasteiger partial charge on any atom is 0.418 e. The second-order valence-electron chi connectivity index (χ2n) is 3.72. The van der Waals surface area contributed by atoms with Gasteiger partial charge in [0, 0.05) is 19.3 Å². The van der Waals surface area contributed by atoms with E-state index in [1.807, 2.05) is 0 Å². The highest BCUT2D eigenvalue weighted by molar-refractivity contribution is 5.61. The fourth-order valence-corrected chi connectivity index (χ4v) is 1.52. The van der Waals surface area contributed by atoms with E-state index in [0.717, 1.165) is 6.20 Å². The molecule has 0 radical (unpaired) electrons. The molecular formula is C10H7F3N4O2. The molecule has 0 aliphatic heterocycles. The molecule has 0 fully saturated rings. The van der Waals surface area contributed by atoms with Crippen LogP contribution in [0.2, 0.25) is 0 Å². The highest BCUT2D eigenvalue weighted by Gasteiger charge is 2.36. The molecule has 0 N–H and O–H groups in total. The first-order valence-electron chi connectivity index (χ1n) is 5.00. The second-order valence-corrected chi connectivity index (χ2v) is 3.72. The molecule has 9 heteroatoms. The number of nitro groups is 1. The van der Waals surface area contributed by atoms with Gasteiger partial charge in [0.25, 0.3) is 5.69 Å². The first-order valence-corrected chi connectivity index (χ1v) is 5.00. The lowest BCUT2D eigenvalue weighted by atomic mass is 10.1. The predicted octanol–water partition coefficient (Wildman–Crippen LogP) is 2.41. The molecule has 0 unspecified atom stereocenters. The van der Waals surface area contributed by atoms with Gasteiger partial charge in [-0.15, -0.1) is 0 Å². The molecule has 0 aliphatic rings. The summed E-state index contributed by atoms with van der Waals surface area (Å²) in [6.45, 7) is 0. The van der Waals surface area contributed by atoms with E-state index < -0.39 is 28.0 Å². The fourth-order valence-electron chi connectivity index (χ4n) is 1.52. The van der Waals surface area contributed by atoms with Gasteiger partial charge >= 0.3 is 6.18 Å². The third kappa shape index (κ3) is 2.54. The molecule has 0 amide bonds. The van der Waals surface area contributed by atoms with Crippen molar-refractivity contribution in [3.05, 3.63) is 40.2 Å². The minimum absolute atomic E-state index is 0.00437. The molecule has 2 aromatic rings. The summed E-state index contributed by atoms with van der Waals surface area (Å²) in [7, 11) is 1.54. The van der Waals surface area contributed by atoms with Crippen LogP contribution in [0.15, 0.2) is 24.5 Å². The van der Waals surface area contributed by atoms with Gasteiger partial charge in [0.05, 0.1) is 10.5 Å². The van der Waals surface area contributed by atoms with E-state index in [4.69, 9.17) is 0 Å². The van der Waals surface area contributed by atoms with E-state index >= 15 is 0 Å². The Labute approximate surface area is 104 Å². The number of nitrogens with zero attached hydrogens (tertiary/aromatic N) is 4. The Morgan fingerprint density at radius 2 is 2.11 bits per heavy atom. The number of rotatable bonds is 2. The van der Waals surface area contributed by atoms with Crippen LogP contribution in [0.25, 0.3) is 11.4 Å². The van der Waals surface area contributed by atoms with Crippen molar-refractivity contribution in [2.75, 3.05) is 0 Å². The molecule has 2 heterocycles. The molecule has 19 heavy (non-hydrogen) atoms. The quantitative estimate of drug-likeness (QED) is 0.621. The zero-order chi connectivity index (χ0) is 14.2. The molecule has 0 saturated heterocycles. The smallest absolute Gasteiger partial charge is 0.275 e. The molecule has 0 aromatic carbocycles. The normalized spacial score (nSPS) is 11.6. The van der Waals surface area contributed by atoms with Gasteiger partial charge in [-0.3, -0.25) is 14.8 Å². The number of aromatic nitrogens is 3. The van der Waals surface area contributed by atoms with Crippen molar-refractivity contribution in [2.24, 2.45) is 7.05 Å². The number of hydrogen-bond acceptors (Lipinski definition) is 4. The van der Waals surface area contributed by atoms with E-state index in [9.17, 15) is 23.3 Å². The van der Waals surface area contributed by atoms with Crippen LogP contribution in [0.1, 0.15) is 5.56 Å². The van der Waals surface area contributed by atoms with Crippen molar-refractivity contribution in [1.82, 2.24) is 14.8 Å². The lowest BCUT2D eigenvalue weighted by Gasteiger charge is -2.09. The minimum Gasteiger partial charge on any atom is -0.275 e. The van der Waals surface area contributed by atoms with Crippen LogP contribution >= 0.6 is 0 Å². The van der Waals surface area contributed by atoms with E-state index in [2.05, 4.69) is 10.1 Å². The van der Waals surface area contributed by atoms with Crippen LogP contribution in [-0.4, -0.2) is 19.7 Å². The van der Waals surface area contributed by atoms with E-state index in [-0.39, 0.29) is 5.69 Å². The summed E-state index contributed by atoms with van der Waals surface area (Å²) >= 11 is 0. The van der Waals surface area contributed by atoms with Crippen molar-refractivity contribution >= 4 is 5.69 Å². The Hall–Kier alpha value is -2.45. The van der Waals surface area contributed by atoms with E-state index in [1.54, 1.807) is 7.05 Å². The monoisotopic (exact) mass is 272 g/mol. The summed E-state index contributed by atoms with van der Waals surface area (Å²) in [4.78, 5) is 13.1. The van der Waals surface area contributed by atoms with Gasteiger partial charge in [-0.2, -0.15) is 18.3 Å². The lowest BCUT2D eigenvalue weighted by Crippen LogP contribution is -2.10. The van der Waals surface area contributed by atoms with Crippen molar-refractivity contribution in [1.29, 1.82) is 0 Å². The molecule has 0 saturated carbocycles. The molecule has 0 atom stereocenters. The van der Waals surface area contributed by atoms with Gasteiger partial charge in [0.1, 0.15) is 17.6 Å². The third-order valence-electron chi connectivity index (χ3n) is 2.35. The first kappa shape index (κ1) is 13.0. The molecule has 2 rings (SSSR count). The van der Waals surface area contributed by atoms with E-state index in [0.29, 0.717) is 6.07 Å². The van der Waals surface area contributed by atoms with Crippen molar-refractivity contribution in [3.63, 3.8) is 0 Å². The molecule has 100 valence electrons. The largest absolute Gasteiger partial charge is 0.418 e. The zero-order valence-electron chi connectivity index (χ0n) is 9.55. The number of alkyl halides is 3. The van der Waals surface area contributed by atoms with Gasteiger partial charge < -0.3 is 0 Å². The number of halogens is 3. The van der Waals surface area contributed by atoms with Crippen molar-refractivity contribution < 1.29 is 18.1 Å². The standard InChI is InChI=1S/C10H7F3N4O2/c1-16-3-2-8(15-16)9-7(10(11,12)13)4-6(5-14-9)17(18)19/h2-5H,1H3. The average Bonchev–Trinajstić information content (AvgIpc) is 2.73.